The van der Waals surface area contributed by atoms with Gasteiger partial charge in [-0.3, -0.25) is 9.78 Å². The summed E-state index contributed by atoms with van der Waals surface area (Å²) in [5.74, 6) is 1.54. The Morgan fingerprint density at radius 2 is 2.16 bits per heavy atom. The number of carbonyl (C=O) groups excluding carboxylic acids is 2. The van der Waals surface area contributed by atoms with Crippen LogP contribution in [-0.2, 0) is 9.59 Å². The zero-order valence-corrected chi connectivity index (χ0v) is 15.2. The minimum absolute atomic E-state index is 0.0364. The Labute approximate surface area is 150 Å². The lowest BCUT2D eigenvalue weighted by molar-refractivity contribution is -0.117. The number of nitrogens with zero attached hydrogens (tertiary/aromatic N) is 2. The van der Waals surface area contributed by atoms with Gasteiger partial charge in [0.15, 0.2) is 0 Å². The number of hydrogen-bond donors (Lipinski definition) is 0. The molecule has 1 aromatic rings. The topological polar surface area (TPSA) is 50.3 Å². The molecule has 1 unspecified atom stereocenters. The summed E-state index contributed by atoms with van der Waals surface area (Å²) in [5.41, 5.74) is 0.844. The lowest BCUT2D eigenvalue weighted by Gasteiger charge is -2.26. The predicted octanol–water partition coefficient (Wildman–Crippen LogP) is 4.19. The van der Waals surface area contributed by atoms with Crippen LogP contribution in [0.25, 0.3) is 0 Å². The van der Waals surface area contributed by atoms with E-state index in [0.29, 0.717) is 30.7 Å². The summed E-state index contributed by atoms with van der Waals surface area (Å²) >= 11 is 0. The molecule has 1 saturated carbocycles. The Morgan fingerprint density at radius 3 is 2.76 bits per heavy atom. The van der Waals surface area contributed by atoms with E-state index in [1.54, 1.807) is 26.2 Å². The Morgan fingerprint density at radius 1 is 1.36 bits per heavy atom. The van der Waals surface area contributed by atoms with Crippen molar-refractivity contribution in [3.05, 3.63) is 49.3 Å². The summed E-state index contributed by atoms with van der Waals surface area (Å²) in [6.45, 7) is 7.86. The van der Waals surface area contributed by atoms with Crippen molar-refractivity contribution in [2.24, 2.45) is 17.8 Å². The first-order valence-electron chi connectivity index (χ1n) is 8.98. The van der Waals surface area contributed by atoms with E-state index >= 15 is 0 Å². The number of carbonyl (C=O) groups is 2. The van der Waals surface area contributed by atoms with E-state index in [9.17, 15) is 9.59 Å². The fraction of sp³-hybridized carbons (Fsp3) is 0.476. The smallest absolute Gasteiger partial charge is 0.223 e. The van der Waals surface area contributed by atoms with E-state index in [-0.39, 0.29) is 11.7 Å². The van der Waals surface area contributed by atoms with Crippen molar-refractivity contribution in [3.8, 4) is 0 Å². The van der Waals surface area contributed by atoms with Gasteiger partial charge in [-0.25, -0.2) is 0 Å². The average molecular weight is 340 g/mol. The summed E-state index contributed by atoms with van der Waals surface area (Å²) in [6.07, 6.45) is 13.3. The van der Waals surface area contributed by atoms with Gasteiger partial charge in [0.2, 0.25) is 5.91 Å². The molecule has 25 heavy (non-hydrogen) atoms. The molecule has 0 bridgehead atoms. The molecule has 1 fully saturated rings. The SMILES string of the molecule is C=C[C@@H]1CC(CN(C(C)=O)c2cccnc2)[C@H](/C=C/CCC(C)=O)C1. The van der Waals surface area contributed by atoms with Crippen LogP contribution in [0.2, 0.25) is 0 Å². The van der Waals surface area contributed by atoms with E-state index in [1.807, 2.05) is 23.1 Å². The third-order valence-electron chi connectivity index (χ3n) is 4.92. The molecule has 0 aromatic carbocycles. The van der Waals surface area contributed by atoms with Crippen molar-refractivity contribution >= 4 is 17.4 Å². The van der Waals surface area contributed by atoms with Crippen LogP contribution < -0.4 is 4.90 Å². The number of aromatic nitrogens is 1. The summed E-state index contributed by atoms with van der Waals surface area (Å²) in [7, 11) is 0. The number of amides is 1. The van der Waals surface area contributed by atoms with Crippen LogP contribution in [0.3, 0.4) is 0 Å². The van der Waals surface area contributed by atoms with Gasteiger partial charge >= 0.3 is 0 Å². The highest BCUT2D eigenvalue weighted by atomic mass is 16.2. The Balaban J connectivity index is 2.08. The standard InChI is InChI=1S/C21H28N2O2/c1-4-18-12-19(9-6-5-8-16(2)24)20(13-18)15-23(17(3)25)21-10-7-11-22-14-21/h4,6-7,9-11,14,18-20H,1,5,8,12-13,15H2,2-3H3/b9-6+/t18-,19+,20?/m0/s1. The molecular formula is C21H28N2O2. The molecule has 2 rings (SSSR count). The molecular weight excluding hydrogens is 312 g/mol. The molecule has 0 spiro atoms. The van der Waals surface area contributed by atoms with Crippen LogP contribution >= 0.6 is 0 Å². The number of allylic oxidation sites excluding steroid dienone is 3. The Bertz CT molecular complexity index is 624. The van der Waals surface area contributed by atoms with Crippen LogP contribution in [0.15, 0.2) is 49.3 Å². The normalized spacial score (nSPS) is 22.9. The maximum absolute atomic E-state index is 12.1. The Hall–Kier alpha value is -2.23. The number of hydrogen-bond acceptors (Lipinski definition) is 3. The van der Waals surface area contributed by atoms with Gasteiger partial charge in [-0.1, -0.05) is 18.2 Å². The molecule has 4 heteroatoms. The number of anilines is 1. The second-order valence-corrected chi connectivity index (χ2v) is 6.90. The van der Waals surface area contributed by atoms with E-state index in [4.69, 9.17) is 0 Å². The van der Waals surface area contributed by atoms with Crippen molar-refractivity contribution in [1.82, 2.24) is 4.98 Å². The molecule has 1 heterocycles. The second-order valence-electron chi connectivity index (χ2n) is 6.90. The molecule has 3 atom stereocenters. The minimum Gasteiger partial charge on any atom is -0.311 e. The summed E-state index contributed by atoms with van der Waals surface area (Å²) in [6, 6.07) is 3.78. The highest BCUT2D eigenvalue weighted by Crippen LogP contribution is 2.39. The molecule has 0 saturated heterocycles. The van der Waals surface area contributed by atoms with Crippen LogP contribution in [0, 0.1) is 17.8 Å². The predicted molar refractivity (Wildman–Crippen MR) is 101 cm³/mol. The van der Waals surface area contributed by atoms with Crippen molar-refractivity contribution in [2.45, 2.75) is 39.5 Å². The molecule has 0 radical (unpaired) electrons. The minimum atomic E-state index is 0.0364. The lowest BCUT2D eigenvalue weighted by Crippen LogP contribution is -2.34. The third kappa shape index (κ3) is 5.66. The lowest BCUT2D eigenvalue weighted by atomic mass is 9.94. The van der Waals surface area contributed by atoms with Crippen LogP contribution in [-0.4, -0.2) is 23.2 Å². The quantitative estimate of drug-likeness (QED) is 0.667. The summed E-state index contributed by atoms with van der Waals surface area (Å²) in [4.78, 5) is 29.2. The molecule has 134 valence electrons. The van der Waals surface area contributed by atoms with Gasteiger partial charge in [0.05, 0.1) is 11.9 Å². The first kappa shape index (κ1) is 19.1. The molecule has 1 aromatic heterocycles. The maximum atomic E-state index is 12.1. The number of Topliss-reactive ketones (excluding diaryl/α,β-unsaturated/α-hetero) is 1. The van der Waals surface area contributed by atoms with Crippen molar-refractivity contribution in [3.63, 3.8) is 0 Å². The number of ketones is 1. The van der Waals surface area contributed by atoms with Gasteiger partial charge in [0.1, 0.15) is 5.78 Å². The van der Waals surface area contributed by atoms with E-state index in [1.165, 1.54) is 0 Å². The first-order valence-corrected chi connectivity index (χ1v) is 8.98. The zero-order chi connectivity index (χ0) is 18.2. The van der Waals surface area contributed by atoms with Gasteiger partial charge in [-0.15, -0.1) is 6.58 Å². The first-order chi connectivity index (χ1) is 12.0. The number of pyridine rings is 1. The zero-order valence-electron chi connectivity index (χ0n) is 15.2. The second kappa shape index (κ2) is 9.30. The van der Waals surface area contributed by atoms with Gasteiger partial charge in [0, 0.05) is 26.1 Å². The molecule has 1 aliphatic rings. The third-order valence-corrected chi connectivity index (χ3v) is 4.92. The fourth-order valence-electron chi connectivity index (χ4n) is 3.56. The summed E-state index contributed by atoms with van der Waals surface area (Å²) in [5, 5.41) is 0. The highest BCUT2D eigenvalue weighted by Gasteiger charge is 2.33. The van der Waals surface area contributed by atoms with Crippen molar-refractivity contribution in [2.75, 3.05) is 11.4 Å². The van der Waals surface area contributed by atoms with E-state index in [2.05, 4.69) is 23.7 Å². The fourth-order valence-corrected chi connectivity index (χ4v) is 3.56. The Kier molecular flexibility index (Phi) is 7.11. The van der Waals surface area contributed by atoms with Gasteiger partial charge in [-0.2, -0.15) is 0 Å². The van der Waals surface area contributed by atoms with Gasteiger partial charge in [0.25, 0.3) is 0 Å². The van der Waals surface area contributed by atoms with Gasteiger partial charge < -0.3 is 9.69 Å². The van der Waals surface area contributed by atoms with E-state index in [0.717, 1.165) is 24.9 Å². The summed E-state index contributed by atoms with van der Waals surface area (Å²) < 4.78 is 0. The maximum Gasteiger partial charge on any atom is 0.223 e. The average Bonchev–Trinajstić information content (AvgIpc) is 2.99. The van der Waals surface area contributed by atoms with Crippen LogP contribution in [0.4, 0.5) is 5.69 Å². The monoisotopic (exact) mass is 340 g/mol. The van der Waals surface area contributed by atoms with E-state index < -0.39 is 0 Å². The largest absolute Gasteiger partial charge is 0.311 e. The van der Waals surface area contributed by atoms with Crippen molar-refractivity contribution in [1.29, 1.82) is 0 Å². The molecule has 4 nitrogen and oxygen atoms in total. The number of rotatable bonds is 8. The van der Waals surface area contributed by atoms with Crippen LogP contribution in [0.5, 0.6) is 0 Å². The molecule has 0 N–H and O–H groups in total. The van der Waals surface area contributed by atoms with Gasteiger partial charge in [-0.05, 0) is 56.1 Å². The molecule has 1 amide bonds. The molecule has 0 aliphatic heterocycles. The van der Waals surface area contributed by atoms with Crippen LogP contribution in [0.1, 0.15) is 39.5 Å². The molecule has 1 aliphatic carbocycles. The van der Waals surface area contributed by atoms with Crippen molar-refractivity contribution < 1.29 is 9.59 Å². The highest BCUT2D eigenvalue weighted by molar-refractivity contribution is 5.91.